The third kappa shape index (κ3) is 3.66. The van der Waals surface area contributed by atoms with Crippen LogP contribution < -0.4 is 0 Å². The Labute approximate surface area is 126 Å². The Kier molecular flexibility index (Phi) is 5.06. The van der Waals surface area contributed by atoms with E-state index in [2.05, 4.69) is 16.8 Å². The SMILES string of the molecule is CCC1(CO)CCN(Cc2ccc(C(=O)N(C)C)[nH]2)CC1. The van der Waals surface area contributed by atoms with Crippen LogP contribution in [0, 0.1) is 5.41 Å². The molecule has 1 amide bonds. The molecule has 1 aliphatic rings. The number of aromatic nitrogens is 1. The van der Waals surface area contributed by atoms with Crippen LogP contribution in [0.5, 0.6) is 0 Å². The molecule has 1 aromatic rings. The zero-order valence-electron chi connectivity index (χ0n) is 13.4. The van der Waals surface area contributed by atoms with E-state index in [0.29, 0.717) is 12.3 Å². The van der Waals surface area contributed by atoms with Gasteiger partial charge in [0.2, 0.25) is 0 Å². The van der Waals surface area contributed by atoms with Gasteiger partial charge in [-0.1, -0.05) is 6.92 Å². The Balaban J connectivity index is 1.91. The van der Waals surface area contributed by atoms with Crippen molar-refractivity contribution in [2.75, 3.05) is 33.8 Å². The lowest BCUT2D eigenvalue weighted by Gasteiger charge is -2.40. The monoisotopic (exact) mass is 293 g/mol. The summed E-state index contributed by atoms with van der Waals surface area (Å²) in [5, 5.41) is 9.57. The number of H-pyrrole nitrogens is 1. The minimum atomic E-state index is 0.00479. The van der Waals surface area contributed by atoms with Crippen LogP contribution >= 0.6 is 0 Å². The Morgan fingerprint density at radius 2 is 2.05 bits per heavy atom. The van der Waals surface area contributed by atoms with E-state index in [1.54, 1.807) is 19.0 Å². The van der Waals surface area contributed by atoms with E-state index >= 15 is 0 Å². The van der Waals surface area contributed by atoms with Crippen LogP contribution in [0.15, 0.2) is 12.1 Å². The lowest BCUT2D eigenvalue weighted by Crippen LogP contribution is -2.41. The summed E-state index contributed by atoms with van der Waals surface area (Å²) in [7, 11) is 3.51. The molecule has 0 unspecified atom stereocenters. The number of amides is 1. The first-order chi connectivity index (χ1) is 9.99. The summed E-state index contributed by atoms with van der Waals surface area (Å²) in [6.07, 6.45) is 3.13. The number of aromatic amines is 1. The van der Waals surface area contributed by atoms with Crippen molar-refractivity contribution >= 4 is 5.91 Å². The molecular formula is C16H27N3O2. The van der Waals surface area contributed by atoms with E-state index in [1.807, 2.05) is 12.1 Å². The van der Waals surface area contributed by atoms with Crippen LogP contribution in [0.25, 0.3) is 0 Å². The van der Waals surface area contributed by atoms with Crippen molar-refractivity contribution in [1.82, 2.24) is 14.8 Å². The highest BCUT2D eigenvalue weighted by Gasteiger charge is 2.32. The van der Waals surface area contributed by atoms with Gasteiger partial charge in [-0.25, -0.2) is 0 Å². The number of hydrogen-bond acceptors (Lipinski definition) is 3. The lowest BCUT2D eigenvalue weighted by molar-refractivity contribution is 0.0378. The van der Waals surface area contributed by atoms with Crippen molar-refractivity contribution < 1.29 is 9.90 Å². The molecule has 0 atom stereocenters. The van der Waals surface area contributed by atoms with E-state index in [9.17, 15) is 9.90 Å². The average Bonchev–Trinajstić information content (AvgIpc) is 2.96. The van der Waals surface area contributed by atoms with E-state index in [4.69, 9.17) is 0 Å². The number of piperidine rings is 1. The number of aliphatic hydroxyl groups excluding tert-OH is 1. The highest BCUT2D eigenvalue weighted by Crippen LogP contribution is 2.34. The second-order valence-corrected chi connectivity index (χ2v) is 6.38. The molecule has 0 aliphatic carbocycles. The van der Waals surface area contributed by atoms with Gasteiger partial charge in [0.05, 0.1) is 0 Å². The second kappa shape index (κ2) is 6.62. The molecule has 0 saturated carbocycles. The highest BCUT2D eigenvalue weighted by atomic mass is 16.3. The minimum Gasteiger partial charge on any atom is -0.396 e. The summed E-state index contributed by atoms with van der Waals surface area (Å²) < 4.78 is 0. The van der Waals surface area contributed by atoms with Crippen molar-refractivity contribution in [3.05, 3.63) is 23.5 Å². The first-order valence-electron chi connectivity index (χ1n) is 7.72. The standard InChI is InChI=1S/C16H27N3O2/c1-4-16(12-20)7-9-19(10-8-16)11-13-5-6-14(17-13)15(21)18(2)3/h5-6,17,20H,4,7-12H2,1-3H3. The predicted molar refractivity (Wildman–Crippen MR) is 83.1 cm³/mol. The number of likely N-dealkylation sites (tertiary alicyclic amines) is 1. The molecular weight excluding hydrogens is 266 g/mol. The fraction of sp³-hybridized carbons (Fsp3) is 0.688. The molecule has 1 aliphatic heterocycles. The number of rotatable bonds is 5. The van der Waals surface area contributed by atoms with E-state index in [0.717, 1.165) is 44.6 Å². The number of aliphatic hydroxyl groups is 1. The van der Waals surface area contributed by atoms with Crippen molar-refractivity contribution in [3.63, 3.8) is 0 Å². The molecule has 2 N–H and O–H groups in total. The summed E-state index contributed by atoms with van der Waals surface area (Å²) >= 11 is 0. The van der Waals surface area contributed by atoms with Crippen molar-refractivity contribution in [3.8, 4) is 0 Å². The smallest absolute Gasteiger partial charge is 0.269 e. The van der Waals surface area contributed by atoms with Gasteiger partial charge in [0.25, 0.3) is 5.91 Å². The highest BCUT2D eigenvalue weighted by molar-refractivity contribution is 5.92. The maximum absolute atomic E-state index is 11.9. The molecule has 0 radical (unpaired) electrons. The van der Waals surface area contributed by atoms with Crippen LogP contribution in [0.2, 0.25) is 0 Å². The summed E-state index contributed by atoms with van der Waals surface area (Å²) in [6, 6.07) is 3.84. The molecule has 118 valence electrons. The molecule has 2 rings (SSSR count). The number of carbonyl (C=O) groups is 1. The molecule has 0 aromatic carbocycles. The molecule has 1 saturated heterocycles. The van der Waals surface area contributed by atoms with E-state index in [1.165, 1.54) is 0 Å². The molecule has 5 nitrogen and oxygen atoms in total. The number of carbonyl (C=O) groups excluding carboxylic acids is 1. The van der Waals surface area contributed by atoms with Crippen molar-refractivity contribution in [2.24, 2.45) is 5.41 Å². The number of nitrogens with zero attached hydrogens (tertiary/aromatic N) is 2. The molecule has 0 spiro atoms. The zero-order valence-corrected chi connectivity index (χ0v) is 13.4. The summed E-state index contributed by atoms with van der Waals surface area (Å²) in [4.78, 5) is 19.0. The van der Waals surface area contributed by atoms with Crippen LogP contribution in [0.3, 0.4) is 0 Å². The number of hydrogen-bond donors (Lipinski definition) is 2. The fourth-order valence-electron chi connectivity index (χ4n) is 2.95. The minimum absolute atomic E-state index is 0.00479. The fourth-order valence-corrected chi connectivity index (χ4v) is 2.95. The molecule has 5 heteroatoms. The van der Waals surface area contributed by atoms with Gasteiger partial charge in [0.1, 0.15) is 5.69 Å². The molecule has 2 heterocycles. The van der Waals surface area contributed by atoms with E-state index in [-0.39, 0.29) is 11.3 Å². The van der Waals surface area contributed by atoms with Gasteiger partial charge in [-0.2, -0.15) is 0 Å². The molecule has 1 fully saturated rings. The quantitative estimate of drug-likeness (QED) is 0.869. The van der Waals surface area contributed by atoms with E-state index < -0.39 is 0 Å². The largest absolute Gasteiger partial charge is 0.396 e. The maximum Gasteiger partial charge on any atom is 0.269 e. The van der Waals surface area contributed by atoms with Crippen LogP contribution in [-0.2, 0) is 6.54 Å². The molecule has 0 bridgehead atoms. The zero-order chi connectivity index (χ0) is 15.5. The van der Waals surface area contributed by atoms with Gasteiger partial charge in [-0.3, -0.25) is 9.69 Å². The Bertz CT molecular complexity index is 468. The Hall–Kier alpha value is -1.33. The lowest BCUT2D eigenvalue weighted by atomic mass is 9.77. The van der Waals surface area contributed by atoms with Crippen molar-refractivity contribution in [2.45, 2.75) is 32.7 Å². The van der Waals surface area contributed by atoms with Crippen LogP contribution in [0.1, 0.15) is 42.4 Å². The second-order valence-electron chi connectivity index (χ2n) is 6.38. The summed E-state index contributed by atoms with van der Waals surface area (Å²) in [5.41, 5.74) is 1.84. The van der Waals surface area contributed by atoms with Crippen LogP contribution in [0.4, 0.5) is 0 Å². The molecule has 21 heavy (non-hydrogen) atoms. The topological polar surface area (TPSA) is 59.6 Å². The normalized spacial score (nSPS) is 18.7. The van der Waals surface area contributed by atoms with Crippen LogP contribution in [-0.4, -0.2) is 59.6 Å². The Morgan fingerprint density at radius 3 is 2.57 bits per heavy atom. The maximum atomic E-state index is 11.9. The van der Waals surface area contributed by atoms with Crippen molar-refractivity contribution in [1.29, 1.82) is 0 Å². The third-order valence-electron chi connectivity index (χ3n) is 4.78. The Morgan fingerprint density at radius 1 is 1.38 bits per heavy atom. The van der Waals surface area contributed by atoms with Gasteiger partial charge in [-0.05, 0) is 49.9 Å². The number of nitrogens with one attached hydrogen (secondary N) is 1. The first-order valence-corrected chi connectivity index (χ1v) is 7.72. The predicted octanol–water partition coefficient (Wildman–Crippen LogP) is 1.70. The first kappa shape index (κ1) is 16.0. The van der Waals surface area contributed by atoms with Gasteiger partial charge < -0.3 is 15.0 Å². The summed E-state index contributed by atoms with van der Waals surface area (Å²) in [6.45, 7) is 5.30. The third-order valence-corrected chi connectivity index (χ3v) is 4.78. The summed E-state index contributed by atoms with van der Waals surface area (Å²) in [5.74, 6) is 0.00479. The van der Waals surface area contributed by atoms with Gasteiger partial charge in [0.15, 0.2) is 0 Å². The average molecular weight is 293 g/mol. The van der Waals surface area contributed by atoms with Gasteiger partial charge in [0, 0.05) is 32.9 Å². The van der Waals surface area contributed by atoms with Gasteiger partial charge in [-0.15, -0.1) is 0 Å². The van der Waals surface area contributed by atoms with Gasteiger partial charge >= 0.3 is 0 Å². The molecule has 1 aromatic heterocycles.